The molecule has 0 saturated carbocycles. The van der Waals surface area contributed by atoms with Crippen LogP contribution in [-0.2, 0) is 0 Å². The van der Waals surface area contributed by atoms with E-state index in [-0.39, 0.29) is 0 Å². The molecule has 0 amide bonds. The van der Waals surface area contributed by atoms with E-state index in [1.165, 1.54) is 71.7 Å². The monoisotopic (exact) mass is 714 g/mol. The van der Waals surface area contributed by atoms with Gasteiger partial charge < -0.3 is 18.6 Å². The summed E-state index contributed by atoms with van der Waals surface area (Å²) in [6, 6.07) is 72.8. The molecule has 3 aromatic heterocycles. The molecule has 1 aliphatic rings. The molecule has 0 bridgehead atoms. The highest BCUT2D eigenvalue weighted by Gasteiger charge is 2.31. The first kappa shape index (κ1) is 30.9. The van der Waals surface area contributed by atoms with Crippen LogP contribution in [0.4, 0.5) is 17.1 Å². The zero-order chi connectivity index (χ0) is 36.7. The summed E-state index contributed by atoms with van der Waals surface area (Å²) in [6.45, 7) is 0. The van der Waals surface area contributed by atoms with Crippen molar-refractivity contribution in [2.75, 3.05) is 4.90 Å². The van der Waals surface area contributed by atoms with E-state index >= 15 is 0 Å². The molecule has 0 fully saturated rings. The number of hydrogen-bond acceptors (Lipinski definition) is 1. The van der Waals surface area contributed by atoms with Crippen LogP contribution >= 0.6 is 0 Å². The molecule has 8 aromatic carbocycles. The third-order valence-corrected chi connectivity index (χ3v) is 11.6. The molecular formula is C52H34N4. The summed E-state index contributed by atoms with van der Waals surface area (Å²) >= 11 is 0. The molecule has 0 aliphatic carbocycles. The minimum Gasteiger partial charge on any atom is -0.316 e. The van der Waals surface area contributed by atoms with Crippen LogP contribution < -0.4 is 4.90 Å². The van der Waals surface area contributed by atoms with Gasteiger partial charge in [0.1, 0.15) is 0 Å². The maximum absolute atomic E-state index is 2.49. The Hall–Kier alpha value is -7.56. The van der Waals surface area contributed by atoms with Gasteiger partial charge in [-0.3, -0.25) is 0 Å². The zero-order valence-electron chi connectivity index (χ0n) is 30.4. The van der Waals surface area contributed by atoms with Crippen LogP contribution in [0, 0.1) is 0 Å². The summed E-state index contributed by atoms with van der Waals surface area (Å²) in [4.78, 5) is 2.42. The number of rotatable bonds is 4. The van der Waals surface area contributed by atoms with Gasteiger partial charge in [-0.15, -0.1) is 0 Å². The molecule has 1 aliphatic heterocycles. The number of anilines is 3. The summed E-state index contributed by atoms with van der Waals surface area (Å²) < 4.78 is 7.26. The lowest BCUT2D eigenvalue weighted by Crippen LogP contribution is -2.11. The second-order valence-electron chi connectivity index (χ2n) is 14.6. The molecule has 0 N–H and O–H groups in total. The Kier molecular flexibility index (Phi) is 6.60. The van der Waals surface area contributed by atoms with E-state index in [1.807, 2.05) is 0 Å². The van der Waals surface area contributed by atoms with E-state index in [1.54, 1.807) is 0 Å². The van der Waals surface area contributed by atoms with Crippen molar-refractivity contribution < 1.29 is 0 Å². The van der Waals surface area contributed by atoms with E-state index in [0.717, 1.165) is 28.4 Å². The quantitative estimate of drug-likeness (QED) is 0.177. The van der Waals surface area contributed by atoms with Gasteiger partial charge in [0.15, 0.2) is 0 Å². The van der Waals surface area contributed by atoms with Crippen molar-refractivity contribution in [3.8, 4) is 39.4 Å². The average Bonchev–Trinajstić information content (AvgIpc) is 3.93. The molecule has 262 valence electrons. The smallest absolute Gasteiger partial charge is 0.0641 e. The fraction of sp³-hybridized carbons (Fsp3) is 0. The molecule has 4 nitrogen and oxygen atoms in total. The maximum Gasteiger partial charge on any atom is 0.0641 e. The first-order valence-corrected chi connectivity index (χ1v) is 19.2. The maximum atomic E-state index is 2.49. The Bertz CT molecular complexity index is 3310. The minimum absolute atomic E-state index is 1.11. The number of hydrogen-bond donors (Lipinski definition) is 0. The highest BCUT2D eigenvalue weighted by atomic mass is 15.2. The number of para-hydroxylation sites is 6. The van der Waals surface area contributed by atoms with E-state index in [9.17, 15) is 0 Å². The number of fused-ring (bicyclic) bond motifs is 12. The van der Waals surface area contributed by atoms with Crippen LogP contribution in [0.25, 0.3) is 83.1 Å². The van der Waals surface area contributed by atoms with Crippen LogP contribution in [0.2, 0.25) is 0 Å². The third kappa shape index (κ3) is 4.35. The summed E-state index contributed by atoms with van der Waals surface area (Å²) in [6.07, 6.45) is 2.20. The Balaban J connectivity index is 1.15. The Morgan fingerprint density at radius 1 is 0.321 bits per heavy atom. The van der Waals surface area contributed by atoms with Gasteiger partial charge in [-0.25, -0.2) is 0 Å². The standard InChI is InChI=1S/C52H34N4/c1-3-16-35(17-4-1)53-33-32-44-45(53)31-30-40-39-22-7-11-26-46(39)55(51(40)44)37-20-15-21-38(34-37)56-48-28-13-9-24-42(48)50-41-23-8-12-27-47(41)54(36-18-5-2-6-19-36)49-29-14-10-25-43(49)52(50)56/h1-34H. The zero-order valence-corrected chi connectivity index (χ0v) is 30.4. The van der Waals surface area contributed by atoms with Crippen molar-refractivity contribution in [1.82, 2.24) is 13.7 Å². The lowest BCUT2D eigenvalue weighted by atomic mass is 9.98. The first-order chi connectivity index (χ1) is 27.8. The van der Waals surface area contributed by atoms with Crippen molar-refractivity contribution >= 4 is 60.7 Å². The van der Waals surface area contributed by atoms with Crippen molar-refractivity contribution in [2.45, 2.75) is 0 Å². The normalized spacial score (nSPS) is 12.2. The van der Waals surface area contributed by atoms with E-state index < -0.39 is 0 Å². The summed E-state index contributed by atoms with van der Waals surface area (Å²) in [5.41, 5.74) is 16.4. The van der Waals surface area contributed by atoms with Gasteiger partial charge in [0.2, 0.25) is 0 Å². The Morgan fingerprint density at radius 2 is 0.893 bits per heavy atom. The number of nitrogens with zero attached hydrogens (tertiary/aromatic N) is 4. The second kappa shape index (κ2) is 12.0. The van der Waals surface area contributed by atoms with Gasteiger partial charge in [0.05, 0.1) is 39.1 Å². The number of aromatic nitrogens is 3. The molecule has 0 radical (unpaired) electrons. The fourth-order valence-electron chi connectivity index (χ4n) is 9.30. The van der Waals surface area contributed by atoms with Crippen molar-refractivity contribution in [1.29, 1.82) is 0 Å². The molecule has 0 saturated heterocycles. The largest absolute Gasteiger partial charge is 0.316 e. The van der Waals surface area contributed by atoms with Crippen LogP contribution in [0.3, 0.4) is 0 Å². The van der Waals surface area contributed by atoms with Gasteiger partial charge in [-0.05, 0) is 78.9 Å². The predicted octanol–water partition coefficient (Wildman–Crippen LogP) is 13.8. The second-order valence-corrected chi connectivity index (χ2v) is 14.6. The first-order valence-electron chi connectivity index (χ1n) is 19.2. The molecular weight excluding hydrogens is 681 g/mol. The van der Waals surface area contributed by atoms with Crippen LogP contribution in [0.5, 0.6) is 0 Å². The predicted molar refractivity (Wildman–Crippen MR) is 234 cm³/mol. The van der Waals surface area contributed by atoms with Crippen molar-refractivity contribution in [3.63, 3.8) is 0 Å². The van der Waals surface area contributed by atoms with Gasteiger partial charge in [0, 0.05) is 67.2 Å². The molecule has 11 aromatic rings. The van der Waals surface area contributed by atoms with Crippen LogP contribution in [0.15, 0.2) is 206 Å². The Morgan fingerprint density at radius 3 is 1.66 bits per heavy atom. The molecule has 12 rings (SSSR count). The topological polar surface area (TPSA) is 18.0 Å². The highest BCUT2D eigenvalue weighted by Crippen LogP contribution is 2.54. The molecule has 0 spiro atoms. The highest BCUT2D eigenvalue weighted by molar-refractivity contribution is 6.19. The summed E-state index contributed by atoms with van der Waals surface area (Å²) in [5.74, 6) is 0. The number of benzene rings is 8. The van der Waals surface area contributed by atoms with Gasteiger partial charge in [-0.1, -0.05) is 121 Å². The van der Waals surface area contributed by atoms with Gasteiger partial charge in [0.25, 0.3) is 0 Å². The molecule has 0 atom stereocenters. The third-order valence-electron chi connectivity index (χ3n) is 11.6. The summed E-state index contributed by atoms with van der Waals surface area (Å²) in [7, 11) is 0. The van der Waals surface area contributed by atoms with Gasteiger partial charge in [-0.2, -0.15) is 0 Å². The average molecular weight is 715 g/mol. The lowest BCUT2D eigenvalue weighted by Gasteiger charge is -2.27. The fourth-order valence-corrected chi connectivity index (χ4v) is 9.30. The molecule has 4 heterocycles. The van der Waals surface area contributed by atoms with E-state index in [4.69, 9.17) is 0 Å². The SMILES string of the molecule is c1ccc(N2c3ccccc3-c3c(n(-c4cccc(-n5c6ccccc6c6ccc7c(ccn7-c7ccccc7)c65)c4)c4ccccc34)-c3ccccc32)cc1. The Labute approximate surface area is 324 Å². The molecule has 56 heavy (non-hydrogen) atoms. The van der Waals surface area contributed by atoms with Crippen LogP contribution in [-0.4, -0.2) is 13.7 Å². The van der Waals surface area contributed by atoms with E-state index in [2.05, 4.69) is 225 Å². The van der Waals surface area contributed by atoms with Crippen LogP contribution in [0.1, 0.15) is 0 Å². The minimum atomic E-state index is 1.11. The van der Waals surface area contributed by atoms with E-state index in [0.29, 0.717) is 0 Å². The molecule has 0 unspecified atom stereocenters. The van der Waals surface area contributed by atoms with Crippen molar-refractivity contribution in [2.24, 2.45) is 0 Å². The molecule has 4 heteroatoms. The lowest BCUT2D eigenvalue weighted by molar-refractivity contribution is 1.11. The van der Waals surface area contributed by atoms with Crippen molar-refractivity contribution in [3.05, 3.63) is 206 Å². The van der Waals surface area contributed by atoms with Gasteiger partial charge >= 0.3 is 0 Å². The summed E-state index contributed by atoms with van der Waals surface area (Å²) in [5, 5.41) is 4.94.